The average molecular weight is 251 g/mol. The minimum absolute atomic E-state index is 0.172. The summed E-state index contributed by atoms with van der Waals surface area (Å²) in [7, 11) is 1.90. The molecule has 0 aliphatic carbocycles. The summed E-state index contributed by atoms with van der Waals surface area (Å²) in [6.45, 7) is 4.04. The van der Waals surface area contributed by atoms with Gasteiger partial charge in [0.2, 0.25) is 0 Å². The molecule has 1 aromatic carbocycles. The van der Waals surface area contributed by atoms with E-state index in [0.29, 0.717) is 5.02 Å². The molecule has 0 amide bonds. The maximum Gasteiger partial charge on any atom is 0.103 e. The molecule has 1 N–H and O–H groups in total. The number of para-hydroxylation sites is 1. The van der Waals surface area contributed by atoms with Crippen LogP contribution < -0.4 is 5.32 Å². The monoisotopic (exact) mass is 250 g/mol. The Labute approximate surface area is 106 Å². The molecule has 2 rings (SSSR count). The van der Waals surface area contributed by atoms with E-state index in [0.717, 1.165) is 17.1 Å². The lowest BCUT2D eigenvalue weighted by Gasteiger charge is -2.09. The minimum atomic E-state index is 0.172. The van der Waals surface area contributed by atoms with Crippen molar-refractivity contribution in [1.29, 1.82) is 0 Å². The van der Waals surface area contributed by atoms with Gasteiger partial charge in [-0.1, -0.05) is 28.9 Å². The number of nitrogens with zero attached hydrogens (tertiary/aromatic N) is 3. The van der Waals surface area contributed by atoms with Crippen LogP contribution in [0, 0.1) is 6.92 Å². The summed E-state index contributed by atoms with van der Waals surface area (Å²) in [5, 5.41) is 12.2. The topological polar surface area (TPSA) is 42.7 Å². The predicted molar refractivity (Wildman–Crippen MR) is 68.6 cm³/mol. The summed E-state index contributed by atoms with van der Waals surface area (Å²) in [4.78, 5) is 0. The second-order valence-electron chi connectivity index (χ2n) is 3.93. The largest absolute Gasteiger partial charge is 0.312 e. The smallest absolute Gasteiger partial charge is 0.103 e. The summed E-state index contributed by atoms with van der Waals surface area (Å²) in [5.41, 5.74) is 2.79. The van der Waals surface area contributed by atoms with E-state index in [1.807, 2.05) is 45.2 Å². The van der Waals surface area contributed by atoms with Crippen LogP contribution in [0.5, 0.6) is 0 Å². The predicted octanol–water partition coefficient (Wildman–Crippen LogP) is 2.51. The van der Waals surface area contributed by atoms with Gasteiger partial charge in [0.15, 0.2) is 0 Å². The number of benzene rings is 1. The lowest BCUT2D eigenvalue weighted by atomic mass is 10.2. The average Bonchev–Trinajstić information content (AvgIpc) is 2.71. The zero-order chi connectivity index (χ0) is 12.4. The SMILES string of the molecule is CNC(C)c1nnn(-c2ccccc2Cl)c1C. The Hall–Kier alpha value is -1.39. The fourth-order valence-corrected chi connectivity index (χ4v) is 1.95. The quantitative estimate of drug-likeness (QED) is 0.910. The van der Waals surface area contributed by atoms with E-state index in [1.165, 1.54) is 0 Å². The number of aromatic nitrogens is 3. The fourth-order valence-electron chi connectivity index (χ4n) is 1.73. The zero-order valence-electron chi connectivity index (χ0n) is 10.1. The molecular formula is C12H15ClN4. The zero-order valence-corrected chi connectivity index (χ0v) is 10.9. The van der Waals surface area contributed by atoms with Crippen molar-refractivity contribution >= 4 is 11.6 Å². The minimum Gasteiger partial charge on any atom is -0.312 e. The van der Waals surface area contributed by atoms with Gasteiger partial charge < -0.3 is 5.32 Å². The molecule has 1 unspecified atom stereocenters. The van der Waals surface area contributed by atoms with Crippen molar-refractivity contribution < 1.29 is 0 Å². The van der Waals surface area contributed by atoms with E-state index < -0.39 is 0 Å². The van der Waals surface area contributed by atoms with Gasteiger partial charge in [0, 0.05) is 0 Å². The molecule has 1 atom stereocenters. The number of rotatable bonds is 3. The number of hydrogen-bond donors (Lipinski definition) is 1. The summed E-state index contributed by atoms with van der Waals surface area (Å²) in [6, 6.07) is 7.78. The van der Waals surface area contributed by atoms with Crippen LogP contribution >= 0.6 is 11.6 Å². The van der Waals surface area contributed by atoms with Gasteiger partial charge in [-0.3, -0.25) is 0 Å². The van der Waals surface area contributed by atoms with Gasteiger partial charge >= 0.3 is 0 Å². The van der Waals surface area contributed by atoms with Crippen LogP contribution in [-0.4, -0.2) is 22.0 Å². The maximum atomic E-state index is 6.15. The Bertz CT molecular complexity index is 521. The van der Waals surface area contributed by atoms with E-state index in [2.05, 4.69) is 15.6 Å². The van der Waals surface area contributed by atoms with Gasteiger partial charge in [0.05, 0.1) is 22.4 Å². The highest BCUT2D eigenvalue weighted by molar-refractivity contribution is 6.32. The summed E-state index contributed by atoms with van der Waals surface area (Å²) in [5.74, 6) is 0. The molecule has 0 aliphatic heterocycles. The second-order valence-corrected chi connectivity index (χ2v) is 4.34. The molecule has 0 bridgehead atoms. The Kier molecular flexibility index (Phi) is 3.45. The second kappa shape index (κ2) is 4.85. The van der Waals surface area contributed by atoms with E-state index in [4.69, 9.17) is 11.6 Å². The van der Waals surface area contributed by atoms with Gasteiger partial charge in [-0.15, -0.1) is 5.10 Å². The number of nitrogens with one attached hydrogen (secondary N) is 1. The molecule has 4 nitrogen and oxygen atoms in total. The number of halogens is 1. The highest BCUT2D eigenvalue weighted by Gasteiger charge is 2.15. The first kappa shape index (κ1) is 12.1. The molecule has 0 radical (unpaired) electrons. The van der Waals surface area contributed by atoms with Gasteiger partial charge in [0.1, 0.15) is 5.69 Å². The molecule has 0 saturated heterocycles. The normalized spacial score (nSPS) is 12.7. The molecule has 0 aliphatic rings. The third kappa shape index (κ3) is 2.18. The van der Waals surface area contributed by atoms with E-state index in [-0.39, 0.29) is 6.04 Å². The van der Waals surface area contributed by atoms with Crippen molar-refractivity contribution in [3.8, 4) is 5.69 Å². The van der Waals surface area contributed by atoms with E-state index in [1.54, 1.807) is 4.68 Å². The summed E-state index contributed by atoms with van der Waals surface area (Å²) >= 11 is 6.15. The Balaban J connectivity index is 2.48. The molecule has 90 valence electrons. The summed E-state index contributed by atoms with van der Waals surface area (Å²) < 4.78 is 1.77. The highest BCUT2D eigenvalue weighted by Crippen LogP contribution is 2.22. The molecule has 2 aromatic rings. The van der Waals surface area contributed by atoms with Crippen molar-refractivity contribution in [2.24, 2.45) is 0 Å². The molecule has 0 saturated carbocycles. The number of hydrogen-bond acceptors (Lipinski definition) is 3. The van der Waals surface area contributed by atoms with Gasteiger partial charge in [0.25, 0.3) is 0 Å². The lowest BCUT2D eigenvalue weighted by Crippen LogP contribution is -2.14. The fraction of sp³-hybridized carbons (Fsp3) is 0.333. The molecule has 17 heavy (non-hydrogen) atoms. The Morgan fingerprint density at radius 1 is 1.35 bits per heavy atom. The van der Waals surface area contributed by atoms with Crippen molar-refractivity contribution in [2.75, 3.05) is 7.05 Å². The van der Waals surface area contributed by atoms with Crippen molar-refractivity contribution in [1.82, 2.24) is 20.3 Å². The first-order chi connectivity index (χ1) is 8.15. The van der Waals surface area contributed by atoms with Gasteiger partial charge in [-0.25, -0.2) is 4.68 Å². The molecule has 0 fully saturated rings. The van der Waals surface area contributed by atoms with Crippen LogP contribution in [0.4, 0.5) is 0 Å². The van der Waals surface area contributed by atoms with Gasteiger partial charge in [-0.2, -0.15) is 0 Å². The van der Waals surface area contributed by atoms with Crippen LogP contribution in [0.15, 0.2) is 24.3 Å². The van der Waals surface area contributed by atoms with E-state index in [9.17, 15) is 0 Å². The lowest BCUT2D eigenvalue weighted by molar-refractivity contribution is 0.627. The Morgan fingerprint density at radius 3 is 2.71 bits per heavy atom. The van der Waals surface area contributed by atoms with Crippen LogP contribution in [-0.2, 0) is 0 Å². The van der Waals surface area contributed by atoms with Crippen LogP contribution in [0.25, 0.3) is 5.69 Å². The third-order valence-corrected chi connectivity index (χ3v) is 3.17. The molecule has 5 heteroatoms. The van der Waals surface area contributed by atoms with Crippen molar-refractivity contribution in [2.45, 2.75) is 19.9 Å². The van der Waals surface area contributed by atoms with Crippen LogP contribution in [0.2, 0.25) is 5.02 Å². The molecule has 1 heterocycles. The third-order valence-electron chi connectivity index (χ3n) is 2.85. The molecule has 1 aromatic heterocycles. The van der Waals surface area contributed by atoms with E-state index >= 15 is 0 Å². The molecular weight excluding hydrogens is 236 g/mol. The van der Waals surface area contributed by atoms with Crippen LogP contribution in [0.1, 0.15) is 24.4 Å². The van der Waals surface area contributed by atoms with Crippen molar-refractivity contribution in [3.63, 3.8) is 0 Å². The highest BCUT2D eigenvalue weighted by atomic mass is 35.5. The van der Waals surface area contributed by atoms with Gasteiger partial charge in [-0.05, 0) is 33.0 Å². The van der Waals surface area contributed by atoms with Crippen molar-refractivity contribution in [3.05, 3.63) is 40.7 Å². The maximum absolute atomic E-state index is 6.15. The molecule has 0 spiro atoms. The Morgan fingerprint density at radius 2 is 2.06 bits per heavy atom. The standard InChI is InChI=1S/C12H15ClN4/c1-8(14-3)12-9(2)17(16-15-12)11-7-5-4-6-10(11)13/h4-8,14H,1-3H3. The first-order valence-corrected chi connectivity index (χ1v) is 5.87. The first-order valence-electron chi connectivity index (χ1n) is 5.49. The summed E-state index contributed by atoms with van der Waals surface area (Å²) in [6.07, 6.45) is 0. The van der Waals surface area contributed by atoms with Crippen LogP contribution in [0.3, 0.4) is 0 Å².